The molecule has 34 heavy (non-hydrogen) atoms. The van der Waals surface area contributed by atoms with Crippen LogP contribution in [0.5, 0.6) is 0 Å². The fourth-order valence-corrected chi connectivity index (χ4v) is 3.09. The molecule has 174 valence electrons. The van der Waals surface area contributed by atoms with Gasteiger partial charge in [-0.25, -0.2) is 19.8 Å². The van der Waals surface area contributed by atoms with E-state index in [1.165, 1.54) is 37.5 Å². The van der Waals surface area contributed by atoms with Crippen molar-refractivity contribution in [2.75, 3.05) is 24.4 Å². The Bertz CT molecular complexity index is 1190. The van der Waals surface area contributed by atoms with E-state index < -0.39 is 23.9 Å². The molecular formula is C24H22N4O6. The Kier molecular flexibility index (Phi) is 7.79. The largest absolute Gasteiger partial charge is 0.465 e. The lowest BCUT2D eigenvalue weighted by atomic mass is 10.1. The molecule has 0 aromatic heterocycles. The fraction of sp³-hybridized carbons (Fsp3) is 0.0833. The number of esters is 2. The molecule has 0 aliphatic carbocycles. The second-order valence-electron chi connectivity index (χ2n) is 6.73. The Labute approximate surface area is 195 Å². The van der Waals surface area contributed by atoms with Crippen LogP contribution >= 0.6 is 0 Å². The first-order valence-electron chi connectivity index (χ1n) is 10.0. The molecule has 0 atom stereocenters. The van der Waals surface area contributed by atoms with Crippen LogP contribution in [0.4, 0.5) is 16.2 Å². The molecule has 2 aromatic carbocycles. The van der Waals surface area contributed by atoms with Crippen molar-refractivity contribution in [2.45, 2.75) is 0 Å². The highest BCUT2D eigenvalue weighted by Crippen LogP contribution is 2.29. The van der Waals surface area contributed by atoms with E-state index in [0.29, 0.717) is 5.69 Å². The highest BCUT2D eigenvalue weighted by molar-refractivity contribution is 6.08. The van der Waals surface area contributed by atoms with Gasteiger partial charge in [0.25, 0.3) is 5.91 Å². The van der Waals surface area contributed by atoms with Gasteiger partial charge in [0.15, 0.2) is 0 Å². The molecule has 0 unspecified atom stereocenters. The van der Waals surface area contributed by atoms with Gasteiger partial charge in [-0.1, -0.05) is 36.4 Å². The maximum Gasteiger partial charge on any atom is 0.355 e. The molecular weight excluding hydrogens is 440 g/mol. The van der Waals surface area contributed by atoms with Crippen LogP contribution in [0.1, 0.15) is 10.4 Å². The summed E-state index contributed by atoms with van der Waals surface area (Å²) in [5.74, 6) is -2.23. The Morgan fingerprint density at radius 3 is 2.18 bits per heavy atom. The minimum Gasteiger partial charge on any atom is -0.465 e. The maximum absolute atomic E-state index is 12.9. The third kappa shape index (κ3) is 5.49. The van der Waals surface area contributed by atoms with Crippen molar-refractivity contribution in [1.82, 2.24) is 10.9 Å². The van der Waals surface area contributed by atoms with Gasteiger partial charge >= 0.3 is 18.0 Å². The lowest BCUT2D eigenvalue weighted by molar-refractivity contribution is -0.139. The van der Waals surface area contributed by atoms with Gasteiger partial charge in [-0.05, 0) is 36.4 Å². The molecule has 1 aliphatic heterocycles. The van der Waals surface area contributed by atoms with Crippen molar-refractivity contribution in [3.8, 4) is 0 Å². The van der Waals surface area contributed by atoms with Gasteiger partial charge in [-0.3, -0.25) is 10.2 Å². The van der Waals surface area contributed by atoms with Crippen molar-refractivity contribution in [2.24, 2.45) is 0 Å². The van der Waals surface area contributed by atoms with Crippen molar-refractivity contribution in [3.63, 3.8) is 0 Å². The molecule has 3 N–H and O–H groups in total. The highest BCUT2D eigenvalue weighted by atomic mass is 16.5. The fourth-order valence-electron chi connectivity index (χ4n) is 3.09. The number of methoxy groups -OCH3 is 2. The van der Waals surface area contributed by atoms with Gasteiger partial charge in [-0.15, -0.1) is 0 Å². The van der Waals surface area contributed by atoms with E-state index in [2.05, 4.69) is 16.2 Å². The van der Waals surface area contributed by atoms with Crippen LogP contribution in [0, 0.1) is 0 Å². The Balaban J connectivity index is 1.89. The van der Waals surface area contributed by atoms with Crippen LogP contribution < -0.4 is 21.1 Å². The monoisotopic (exact) mass is 462 g/mol. The molecule has 1 heterocycles. The van der Waals surface area contributed by atoms with Crippen LogP contribution in [-0.2, 0) is 19.1 Å². The number of urea groups is 1. The first kappa shape index (κ1) is 23.8. The molecule has 0 spiro atoms. The number of nitrogens with one attached hydrogen (secondary N) is 3. The first-order valence-corrected chi connectivity index (χ1v) is 10.0. The number of ether oxygens (including phenoxy) is 2. The number of hydrogen-bond acceptors (Lipinski definition) is 7. The summed E-state index contributed by atoms with van der Waals surface area (Å²) in [6.45, 7) is 0. The topological polar surface area (TPSA) is 126 Å². The predicted octanol–water partition coefficient (Wildman–Crippen LogP) is 2.64. The lowest BCUT2D eigenvalue weighted by Crippen LogP contribution is -2.44. The highest BCUT2D eigenvalue weighted by Gasteiger charge is 2.29. The Morgan fingerprint density at radius 2 is 1.47 bits per heavy atom. The summed E-state index contributed by atoms with van der Waals surface area (Å²) in [7, 11) is 2.36. The minimum atomic E-state index is -0.813. The quantitative estimate of drug-likeness (QED) is 0.461. The van der Waals surface area contributed by atoms with Gasteiger partial charge in [-0.2, -0.15) is 0 Å². The van der Waals surface area contributed by atoms with Gasteiger partial charge in [0.2, 0.25) is 0 Å². The Morgan fingerprint density at radius 1 is 0.794 bits per heavy atom. The molecule has 0 fully saturated rings. The van der Waals surface area contributed by atoms with Gasteiger partial charge < -0.3 is 19.7 Å². The molecule has 10 heteroatoms. The second-order valence-corrected chi connectivity index (χ2v) is 6.73. The summed E-state index contributed by atoms with van der Waals surface area (Å²) in [6.07, 6.45) is 6.04. The molecule has 10 nitrogen and oxygen atoms in total. The number of carbonyl (C=O) groups excluding carboxylic acids is 4. The smallest absolute Gasteiger partial charge is 0.355 e. The van der Waals surface area contributed by atoms with Crippen LogP contribution in [0.25, 0.3) is 0 Å². The van der Waals surface area contributed by atoms with E-state index >= 15 is 0 Å². The number of benzene rings is 2. The number of hydrogen-bond donors (Lipinski definition) is 3. The zero-order valence-electron chi connectivity index (χ0n) is 18.4. The summed E-state index contributed by atoms with van der Waals surface area (Å²) < 4.78 is 9.68. The van der Waals surface area contributed by atoms with Crippen molar-refractivity contribution >= 4 is 35.3 Å². The molecule has 3 rings (SSSR count). The zero-order valence-corrected chi connectivity index (χ0v) is 18.4. The van der Waals surface area contributed by atoms with Crippen molar-refractivity contribution in [1.29, 1.82) is 0 Å². The third-order valence-corrected chi connectivity index (χ3v) is 4.62. The Hall–Kier alpha value is -4.86. The van der Waals surface area contributed by atoms with E-state index in [0.717, 1.165) is 0 Å². The predicted molar refractivity (Wildman–Crippen MR) is 124 cm³/mol. The van der Waals surface area contributed by atoms with E-state index in [-0.39, 0.29) is 22.5 Å². The normalized spacial score (nSPS) is 12.5. The average molecular weight is 462 g/mol. The number of allylic oxidation sites excluding steroid dienone is 2. The molecule has 2 aromatic rings. The standard InChI is InChI=1S/C24H22N4O6/c1-33-22(30)18-13-8-9-15-28(20(18)23(31)34-2)19-14-7-6-12-17(19)21(29)26-27-24(32)25-16-10-4-3-5-11-16/h3-15H,1-2H3,(H,26,29)(H2,25,27,32). The van der Waals surface area contributed by atoms with Gasteiger partial charge in [0.05, 0.1) is 31.0 Å². The molecule has 0 saturated heterocycles. The van der Waals surface area contributed by atoms with E-state index in [1.54, 1.807) is 60.7 Å². The molecule has 0 bridgehead atoms. The number of nitrogens with zero attached hydrogens (tertiary/aromatic N) is 1. The summed E-state index contributed by atoms with van der Waals surface area (Å²) in [5, 5.41) is 2.57. The van der Waals surface area contributed by atoms with Crippen molar-refractivity contribution < 1.29 is 28.7 Å². The van der Waals surface area contributed by atoms with Crippen LogP contribution in [0.3, 0.4) is 0 Å². The summed E-state index contributed by atoms with van der Waals surface area (Å²) in [4.78, 5) is 51.4. The molecule has 0 saturated carbocycles. The number of hydrazine groups is 1. The maximum atomic E-state index is 12.9. The summed E-state index contributed by atoms with van der Waals surface area (Å²) in [6, 6.07) is 14.4. The number of carbonyl (C=O) groups is 4. The second kappa shape index (κ2) is 11.1. The number of para-hydroxylation sites is 2. The summed E-state index contributed by atoms with van der Waals surface area (Å²) in [5.41, 5.74) is 5.31. The summed E-state index contributed by atoms with van der Waals surface area (Å²) >= 11 is 0. The van der Waals surface area contributed by atoms with Gasteiger partial charge in [0, 0.05) is 11.9 Å². The lowest BCUT2D eigenvalue weighted by Gasteiger charge is -2.25. The van der Waals surface area contributed by atoms with E-state index in [4.69, 9.17) is 9.47 Å². The van der Waals surface area contributed by atoms with E-state index in [9.17, 15) is 19.2 Å². The number of amides is 3. The number of rotatable bonds is 5. The average Bonchev–Trinajstić information content (AvgIpc) is 3.10. The minimum absolute atomic E-state index is 0.0603. The third-order valence-electron chi connectivity index (χ3n) is 4.62. The first-order chi connectivity index (χ1) is 16.5. The SMILES string of the molecule is COC(=O)C1=C(C(=O)OC)N(c2ccccc2C(=O)NNC(=O)Nc2ccccc2)C=CC=C1. The molecule has 0 radical (unpaired) electrons. The van der Waals surface area contributed by atoms with Gasteiger partial charge in [0.1, 0.15) is 5.70 Å². The van der Waals surface area contributed by atoms with Crippen LogP contribution in [0.15, 0.2) is 90.3 Å². The molecule has 3 amide bonds. The van der Waals surface area contributed by atoms with Crippen LogP contribution in [-0.4, -0.2) is 38.1 Å². The zero-order chi connectivity index (χ0) is 24.5. The van der Waals surface area contributed by atoms with Crippen LogP contribution in [0.2, 0.25) is 0 Å². The number of anilines is 2. The van der Waals surface area contributed by atoms with Crippen molar-refractivity contribution in [3.05, 3.63) is 95.9 Å². The molecule has 1 aliphatic rings. The van der Waals surface area contributed by atoms with E-state index in [1.807, 2.05) is 0 Å².